The maximum Gasteiger partial charge on any atom is 0.149 e. The molecule has 0 aromatic rings. The van der Waals surface area contributed by atoms with Crippen LogP contribution >= 0.6 is 67.8 Å². The van der Waals surface area contributed by atoms with Crippen molar-refractivity contribution in [3.63, 3.8) is 0 Å². The monoisotopic (exact) mass is 652 g/mol. The van der Waals surface area contributed by atoms with Crippen molar-refractivity contribution in [3.05, 3.63) is 48.1 Å². The van der Waals surface area contributed by atoms with Crippen molar-refractivity contribution in [1.29, 1.82) is 0 Å². The van der Waals surface area contributed by atoms with E-state index in [1.54, 1.807) is 0 Å². The zero-order valence-electron chi connectivity index (χ0n) is 15.6. The summed E-state index contributed by atoms with van der Waals surface area (Å²) in [6.07, 6.45) is 7.49. The van der Waals surface area contributed by atoms with E-state index in [2.05, 4.69) is 135 Å². The summed E-state index contributed by atoms with van der Waals surface area (Å²) in [5.41, 5.74) is 4.36. The minimum atomic E-state index is 0.00395. The molecule has 0 aromatic heterocycles. The van der Waals surface area contributed by atoms with E-state index in [0.29, 0.717) is 5.92 Å². The van der Waals surface area contributed by atoms with Gasteiger partial charge in [0.25, 0.3) is 0 Å². The Hall–Kier alpha value is 1.15. The molecule has 0 N–H and O–H groups in total. The SMILES string of the molecule is C=C/C(=C\C(=C(\C)C=C)C(I)(I)I)C(CC(C)(C)C)C(C)(C)C. The third-order valence-corrected chi connectivity index (χ3v) is 5.59. The van der Waals surface area contributed by atoms with Gasteiger partial charge in [0.15, 0.2) is 0 Å². The van der Waals surface area contributed by atoms with Gasteiger partial charge in [0.2, 0.25) is 0 Å². The number of allylic oxidation sites excluding steroid dienone is 6. The third kappa shape index (κ3) is 8.88. The lowest BCUT2D eigenvalue weighted by atomic mass is 9.68. The fourth-order valence-electron chi connectivity index (χ4n) is 2.53. The second-order valence-electron chi connectivity index (χ2n) is 8.33. The molecule has 0 spiro atoms. The van der Waals surface area contributed by atoms with Gasteiger partial charge in [-0.15, -0.1) is 0 Å². The molecular weight excluding hydrogens is 621 g/mol. The van der Waals surface area contributed by atoms with Gasteiger partial charge in [-0.1, -0.05) is 72.9 Å². The van der Waals surface area contributed by atoms with E-state index in [1.165, 1.54) is 16.7 Å². The molecule has 0 fully saturated rings. The highest BCUT2D eigenvalue weighted by atomic mass is 127. The lowest BCUT2D eigenvalue weighted by Gasteiger charge is -2.37. The average Bonchev–Trinajstić information content (AvgIpc) is 2.33. The maximum atomic E-state index is 4.12. The van der Waals surface area contributed by atoms with Gasteiger partial charge in [-0.2, -0.15) is 0 Å². The topological polar surface area (TPSA) is 0 Å². The van der Waals surface area contributed by atoms with Crippen molar-refractivity contribution in [2.75, 3.05) is 0 Å². The van der Waals surface area contributed by atoms with Crippen LogP contribution in [0.5, 0.6) is 0 Å². The summed E-state index contributed by atoms with van der Waals surface area (Å²) < 4.78 is 0.00395. The zero-order chi connectivity index (χ0) is 18.6. The minimum absolute atomic E-state index is 0.00395. The van der Waals surface area contributed by atoms with Crippen LogP contribution in [0.2, 0.25) is 0 Å². The first-order chi connectivity index (χ1) is 10.1. The van der Waals surface area contributed by atoms with Gasteiger partial charge in [-0.3, -0.25) is 0 Å². The summed E-state index contributed by atoms with van der Waals surface area (Å²) >= 11 is 7.46. The zero-order valence-corrected chi connectivity index (χ0v) is 22.0. The van der Waals surface area contributed by atoms with E-state index in [4.69, 9.17) is 0 Å². The quantitative estimate of drug-likeness (QED) is 0.153. The summed E-state index contributed by atoms with van der Waals surface area (Å²) in [4.78, 5) is 0. The van der Waals surface area contributed by atoms with Gasteiger partial charge in [0, 0.05) is 0 Å². The van der Waals surface area contributed by atoms with E-state index in [9.17, 15) is 0 Å². The first kappa shape index (κ1) is 24.1. The summed E-state index contributed by atoms with van der Waals surface area (Å²) in [5, 5.41) is 0. The second-order valence-corrected chi connectivity index (χ2v) is 19.4. The Labute approximate surface area is 185 Å². The first-order valence-corrected chi connectivity index (χ1v) is 11.1. The van der Waals surface area contributed by atoms with Gasteiger partial charge in [0.05, 0.1) is 0 Å². The fraction of sp³-hybridized carbons (Fsp3) is 0.600. The molecule has 0 aliphatic rings. The molecule has 132 valence electrons. The molecule has 0 aliphatic carbocycles. The van der Waals surface area contributed by atoms with E-state index in [0.717, 1.165) is 6.42 Å². The number of halogens is 3. The van der Waals surface area contributed by atoms with Crippen molar-refractivity contribution in [2.24, 2.45) is 16.7 Å². The molecule has 0 amide bonds. The Kier molecular flexibility index (Phi) is 9.65. The molecule has 0 radical (unpaired) electrons. The smallest absolute Gasteiger partial charge is 0.0988 e. The van der Waals surface area contributed by atoms with Crippen LogP contribution in [0.4, 0.5) is 0 Å². The molecule has 1 unspecified atom stereocenters. The Morgan fingerprint density at radius 2 is 1.43 bits per heavy atom. The largest absolute Gasteiger partial charge is 0.149 e. The normalized spacial score (nSPS) is 16.7. The van der Waals surface area contributed by atoms with Crippen LogP contribution in [0.25, 0.3) is 0 Å². The van der Waals surface area contributed by atoms with Gasteiger partial charge >= 0.3 is 0 Å². The van der Waals surface area contributed by atoms with Gasteiger partial charge in [0.1, 0.15) is -0.565 Å². The summed E-state index contributed by atoms with van der Waals surface area (Å²) in [6, 6.07) is 0. The fourth-order valence-corrected chi connectivity index (χ4v) is 4.28. The Morgan fingerprint density at radius 3 is 1.70 bits per heavy atom. The first-order valence-electron chi connectivity index (χ1n) is 7.88. The van der Waals surface area contributed by atoms with Crippen molar-refractivity contribution in [1.82, 2.24) is 0 Å². The van der Waals surface area contributed by atoms with Crippen LogP contribution < -0.4 is 0 Å². The lowest BCUT2D eigenvalue weighted by molar-refractivity contribution is 0.199. The third-order valence-electron chi connectivity index (χ3n) is 3.85. The molecular formula is C20H31I3. The predicted molar refractivity (Wildman–Crippen MR) is 133 cm³/mol. The predicted octanol–water partition coefficient (Wildman–Crippen LogP) is 8.66. The summed E-state index contributed by atoms with van der Waals surface area (Å²) in [5.74, 6) is 0.471. The second kappa shape index (κ2) is 9.19. The maximum absolute atomic E-state index is 4.12. The van der Waals surface area contributed by atoms with Crippen molar-refractivity contribution >= 4 is 67.8 Å². The molecule has 23 heavy (non-hydrogen) atoms. The Balaban J connectivity index is 6.19. The molecule has 0 aliphatic heterocycles. The van der Waals surface area contributed by atoms with Crippen LogP contribution in [0.3, 0.4) is 0 Å². The highest BCUT2D eigenvalue weighted by Gasteiger charge is 2.32. The standard InChI is InChI=1S/C20H31I3/c1-10-14(3)16(20(21,22)23)12-15(11-2)17(19(7,8)9)13-18(4,5)6/h10-12,17H,1-2,13H2,3-9H3/b15-12+,16-14+. The van der Waals surface area contributed by atoms with E-state index < -0.39 is 0 Å². The molecule has 0 bridgehead atoms. The minimum Gasteiger partial charge on any atom is -0.0988 e. The highest BCUT2D eigenvalue weighted by Crippen LogP contribution is 2.47. The lowest BCUT2D eigenvalue weighted by Crippen LogP contribution is -2.27. The molecule has 0 saturated carbocycles. The van der Waals surface area contributed by atoms with Gasteiger partial charge in [-0.25, -0.2) is 0 Å². The molecule has 0 nitrogen and oxygen atoms in total. The van der Waals surface area contributed by atoms with E-state index in [-0.39, 0.29) is 10.3 Å². The molecule has 3 heteroatoms. The Bertz CT molecular complexity index is 488. The van der Waals surface area contributed by atoms with Crippen molar-refractivity contribution < 1.29 is 0 Å². The van der Waals surface area contributed by atoms with Crippen LogP contribution in [-0.4, -0.2) is -0.565 Å². The molecule has 0 saturated heterocycles. The van der Waals surface area contributed by atoms with Crippen LogP contribution in [0, 0.1) is 16.7 Å². The van der Waals surface area contributed by atoms with Crippen molar-refractivity contribution in [2.45, 2.75) is 54.3 Å². The summed E-state index contributed by atoms with van der Waals surface area (Å²) in [6.45, 7) is 24.2. The Morgan fingerprint density at radius 1 is 0.957 bits per heavy atom. The average molecular weight is 652 g/mol. The van der Waals surface area contributed by atoms with E-state index >= 15 is 0 Å². The highest BCUT2D eigenvalue weighted by molar-refractivity contribution is 14.3. The van der Waals surface area contributed by atoms with Crippen LogP contribution in [0.15, 0.2) is 48.1 Å². The van der Waals surface area contributed by atoms with Gasteiger partial charge in [-0.05, 0) is 115 Å². The number of alkyl halides is 3. The van der Waals surface area contributed by atoms with Gasteiger partial charge < -0.3 is 0 Å². The van der Waals surface area contributed by atoms with Crippen LogP contribution in [0.1, 0.15) is 54.9 Å². The van der Waals surface area contributed by atoms with Crippen molar-refractivity contribution in [3.8, 4) is 0 Å². The van der Waals surface area contributed by atoms with Crippen LogP contribution in [-0.2, 0) is 0 Å². The molecule has 0 heterocycles. The molecule has 0 aromatic carbocycles. The number of hydrogen-bond donors (Lipinski definition) is 0. The number of rotatable bonds is 6. The molecule has 0 rings (SSSR count). The van der Waals surface area contributed by atoms with E-state index in [1.807, 2.05) is 12.2 Å². The number of hydrogen-bond acceptors (Lipinski definition) is 0. The summed E-state index contributed by atoms with van der Waals surface area (Å²) in [7, 11) is 0. The molecule has 1 atom stereocenters.